The zero-order chi connectivity index (χ0) is 11.7. The van der Waals surface area contributed by atoms with Crippen molar-refractivity contribution in [2.24, 2.45) is 10.9 Å². The summed E-state index contributed by atoms with van der Waals surface area (Å²) >= 11 is 3.22. The number of oxime groups is 1. The largest absolute Gasteiger partial charge is 0.506 e. The Morgan fingerprint density at radius 1 is 1.56 bits per heavy atom. The highest BCUT2D eigenvalue weighted by atomic mass is 79.9. The van der Waals surface area contributed by atoms with Gasteiger partial charge in [-0.15, -0.1) is 0 Å². The lowest BCUT2D eigenvalue weighted by Gasteiger charge is -2.22. The van der Waals surface area contributed by atoms with Crippen LogP contribution >= 0.6 is 15.9 Å². The standard InChI is InChI=1S/C10H11BrN2O3/c11-7-3-5-8(13-15)1-2-16-10(5)6(4-12)9(7)14/h3,14-15H,1-2,4,12H2. The fraction of sp³-hybridized carbons (Fsp3) is 0.300. The fourth-order valence-electron chi connectivity index (χ4n) is 1.73. The van der Waals surface area contributed by atoms with E-state index in [9.17, 15) is 5.11 Å². The number of rotatable bonds is 1. The number of hydrogen-bond acceptors (Lipinski definition) is 5. The van der Waals surface area contributed by atoms with Gasteiger partial charge in [-0.3, -0.25) is 0 Å². The SMILES string of the molecule is NCc1c(O)c(Br)cc2c1OCCC2=NO. The smallest absolute Gasteiger partial charge is 0.137 e. The van der Waals surface area contributed by atoms with Gasteiger partial charge in [-0.1, -0.05) is 5.16 Å². The molecule has 0 fully saturated rings. The maximum atomic E-state index is 9.80. The summed E-state index contributed by atoms with van der Waals surface area (Å²) in [6, 6.07) is 1.66. The van der Waals surface area contributed by atoms with E-state index < -0.39 is 0 Å². The Morgan fingerprint density at radius 3 is 2.94 bits per heavy atom. The molecule has 6 heteroatoms. The lowest BCUT2D eigenvalue weighted by atomic mass is 10.00. The van der Waals surface area contributed by atoms with Crippen LogP contribution in [0.4, 0.5) is 0 Å². The van der Waals surface area contributed by atoms with Crippen LogP contribution in [-0.4, -0.2) is 22.6 Å². The minimum atomic E-state index is 0.0699. The molecule has 1 aromatic rings. The second kappa shape index (κ2) is 4.31. The molecule has 4 N–H and O–H groups in total. The van der Waals surface area contributed by atoms with Crippen molar-refractivity contribution in [3.05, 3.63) is 21.7 Å². The van der Waals surface area contributed by atoms with E-state index in [2.05, 4.69) is 21.1 Å². The number of fused-ring (bicyclic) bond motifs is 1. The van der Waals surface area contributed by atoms with Gasteiger partial charge in [-0.25, -0.2) is 0 Å². The summed E-state index contributed by atoms with van der Waals surface area (Å²) in [6.07, 6.45) is 0.532. The molecule has 0 atom stereocenters. The molecule has 0 saturated carbocycles. The van der Waals surface area contributed by atoms with E-state index in [0.29, 0.717) is 40.1 Å². The van der Waals surface area contributed by atoms with Crippen molar-refractivity contribution in [3.63, 3.8) is 0 Å². The van der Waals surface area contributed by atoms with E-state index >= 15 is 0 Å². The molecule has 86 valence electrons. The molecule has 0 amide bonds. The van der Waals surface area contributed by atoms with E-state index in [1.165, 1.54) is 0 Å². The molecular weight excluding hydrogens is 276 g/mol. The minimum absolute atomic E-state index is 0.0699. The van der Waals surface area contributed by atoms with Crippen molar-refractivity contribution < 1.29 is 15.1 Å². The number of halogens is 1. The molecule has 2 rings (SSSR count). The van der Waals surface area contributed by atoms with Gasteiger partial charge in [0.1, 0.15) is 11.5 Å². The third kappa shape index (κ3) is 1.64. The Hall–Kier alpha value is -1.27. The Bertz CT molecular complexity index is 460. The van der Waals surface area contributed by atoms with Crippen molar-refractivity contribution in [1.29, 1.82) is 0 Å². The van der Waals surface area contributed by atoms with Crippen molar-refractivity contribution in [3.8, 4) is 11.5 Å². The molecule has 0 aromatic heterocycles. The number of hydrogen-bond donors (Lipinski definition) is 3. The van der Waals surface area contributed by atoms with Crippen LogP contribution in [0.2, 0.25) is 0 Å². The number of nitrogens with two attached hydrogens (primary N) is 1. The van der Waals surface area contributed by atoms with Gasteiger partial charge < -0.3 is 20.8 Å². The number of nitrogens with zero attached hydrogens (tertiary/aromatic N) is 1. The van der Waals surface area contributed by atoms with Crippen LogP contribution in [0.1, 0.15) is 17.5 Å². The first kappa shape index (κ1) is 11.2. The lowest BCUT2D eigenvalue weighted by Crippen LogP contribution is -2.18. The lowest BCUT2D eigenvalue weighted by molar-refractivity contribution is 0.295. The van der Waals surface area contributed by atoms with Crippen LogP contribution in [0, 0.1) is 0 Å². The van der Waals surface area contributed by atoms with E-state index in [-0.39, 0.29) is 12.3 Å². The van der Waals surface area contributed by atoms with Crippen molar-refractivity contribution in [2.75, 3.05) is 6.61 Å². The summed E-state index contributed by atoms with van der Waals surface area (Å²) in [4.78, 5) is 0. The highest BCUT2D eigenvalue weighted by Crippen LogP contribution is 2.40. The first-order valence-electron chi connectivity index (χ1n) is 4.77. The third-order valence-electron chi connectivity index (χ3n) is 2.52. The second-order valence-electron chi connectivity index (χ2n) is 3.41. The first-order valence-corrected chi connectivity index (χ1v) is 5.56. The van der Waals surface area contributed by atoms with Crippen LogP contribution in [0.25, 0.3) is 0 Å². The predicted molar refractivity (Wildman–Crippen MR) is 62.1 cm³/mol. The average Bonchev–Trinajstić information content (AvgIpc) is 2.30. The van der Waals surface area contributed by atoms with Gasteiger partial charge in [0.2, 0.25) is 0 Å². The van der Waals surface area contributed by atoms with Gasteiger partial charge in [-0.2, -0.15) is 0 Å². The van der Waals surface area contributed by atoms with Gasteiger partial charge >= 0.3 is 0 Å². The summed E-state index contributed by atoms with van der Waals surface area (Å²) in [5.41, 5.74) is 7.29. The van der Waals surface area contributed by atoms with Gasteiger partial charge in [0, 0.05) is 18.5 Å². The topological polar surface area (TPSA) is 88.1 Å². The normalized spacial score (nSPS) is 17.0. The predicted octanol–water partition coefficient (Wildman–Crippen LogP) is 1.57. The number of ether oxygens (including phenoxy) is 1. The molecule has 0 spiro atoms. The first-order chi connectivity index (χ1) is 7.69. The Balaban J connectivity index is 2.69. The second-order valence-corrected chi connectivity index (χ2v) is 4.27. The number of phenolic OH excluding ortho intramolecular Hbond substituents is 1. The van der Waals surface area contributed by atoms with Gasteiger partial charge in [0.25, 0.3) is 0 Å². The molecule has 0 aliphatic carbocycles. The van der Waals surface area contributed by atoms with Crippen molar-refractivity contribution >= 4 is 21.6 Å². The maximum Gasteiger partial charge on any atom is 0.137 e. The van der Waals surface area contributed by atoms with Crippen LogP contribution in [0.15, 0.2) is 15.7 Å². The number of aromatic hydroxyl groups is 1. The summed E-state index contributed by atoms with van der Waals surface area (Å²) in [6.45, 7) is 0.576. The molecule has 1 aromatic carbocycles. The van der Waals surface area contributed by atoms with Crippen molar-refractivity contribution in [2.45, 2.75) is 13.0 Å². The molecular formula is C10H11BrN2O3. The average molecular weight is 287 g/mol. The third-order valence-corrected chi connectivity index (χ3v) is 3.13. The Kier molecular flexibility index (Phi) is 3.02. The summed E-state index contributed by atoms with van der Waals surface area (Å²) in [5, 5.41) is 21.9. The van der Waals surface area contributed by atoms with E-state index in [1.54, 1.807) is 6.07 Å². The molecule has 0 unspecified atom stereocenters. The van der Waals surface area contributed by atoms with E-state index in [1.807, 2.05) is 0 Å². The molecule has 16 heavy (non-hydrogen) atoms. The molecule has 5 nitrogen and oxygen atoms in total. The van der Waals surface area contributed by atoms with Crippen LogP contribution in [0.3, 0.4) is 0 Å². The molecule has 0 saturated heterocycles. The quantitative estimate of drug-likeness (QED) is 0.540. The van der Waals surface area contributed by atoms with Gasteiger partial charge in [0.05, 0.1) is 22.4 Å². The fourth-order valence-corrected chi connectivity index (χ4v) is 2.20. The monoisotopic (exact) mass is 286 g/mol. The Labute approximate surface area is 101 Å². The zero-order valence-corrected chi connectivity index (χ0v) is 9.99. The van der Waals surface area contributed by atoms with Gasteiger partial charge in [-0.05, 0) is 22.0 Å². The summed E-state index contributed by atoms with van der Waals surface area (Å²) < 4.78 is 5.97. The minimum Gasteiger partial charge on any atom is -0.506 e. The Morgan fingerprint density at radius 2 is 2.31 bits per heavy atom. The van der Waals surface area contributed by atoms with E-state index in [0.717, 1.165) is 0 Å². The van der Waals surface area contributed by atoms with Crippen molar-refractivity contribution in [1.82, 2.24) is 0 Å². The highest BCUT2D eigenvalue weighted by molar-refractivity contribution is 9.10. The number of benzene rings is 1. The molecule has 0 bridgehead atoms. The zero-order valence-electron chi connectivity index (χ0n) is 8.40. The molecule has 1 heterocycles. The summed E-state index contributed by atoms with van der Waals surface area (Å²) in [7, 11) is 0. The van der Waals surface area contributed by atoms with Crippen LogP contribution < -0.4 is 10.5 Å². The summed E-state index contributed by atoms with van der Waals surface area (Å²) in [5.74, 6) is 0.572. The van der Waals surface area contributed by atoms with E-state index in [4.69, 9.17) is 15.7 Å². The number of phenols is 1. The van der Waals surface area contributed by atoms with Gasteiger partial charge in [0.15, 0.2) is 0 Å². The molecule has 0 radical (unpaired) electrons. The van der Waals surface area contributed by atoms with Crippen LogP contribution in [0.5, 0.6) is 11.5 Å². The molecule has 1 aliphatic heterocycles. The maximum absolute atomic E-state index is 9.80. The highest BCUT2D eigenvalue weighted by Gasteiger charge is 2.24. The molecule has 1 aliphatic rings. The van der Waals surface area contributed by atoms with Crippen LogP contribution in [-0.2, 0) is 6.54 Å².